The highest BCUT2D eigenvalue weighted by molar-refractivity contribution is 5.94. The Hall–Kier alpha value is -2.61. The molecule has 5 nitrogen and oxygen atoms in total. The number of likely N-dealkylation sites (tertiary alicyclic amines) is 1. The Morgan fingerprint density at radius 1 is 1.15 bits per heavy atom. The van der Waals surface area contributed by atoms with Gasteiger partial charge in [-0.3, -0.25) is 9.59 Å². The Morgan fingerprint density at radius 3 is 2.67 bits per heavy atom. The lowest BCUT2D eigenvalue weighted by atomic mass is 9.48. The molecular weight excluding hydrogens is 410 g/mol. The number of carbonyl (C=O) groups excluding carboxylic acids is 2. The average molecular weight is 446 g/mol. The van der Waals surface area contributed by atoms with Gasteiger partial charge in [0, 0.05) is 30.5 Å². The van der Waals surface area contributed by atoms with Crippen molar-refractivity contribution >= 4 is 17.5 Å². The van der Waals surface area contributed by atoms with Crippen molar-refractivity contribution in [1.29, 1.82) is 5.26 Å². The zero-order valence-electron chi connectivity index (χ0n) is 20.3. The molecule has 2 amide bonds. The minimum atomic E-state index is -0.0238. The van der Waals surface area contributed by atoms with Crippen molar-refractivity contribution in [3.05, 3.63) is 41.1 Å². The van der Waals surface area contributed by atoms with Gasteiger partial charge in [-0.1, -0.05) is 31.6 Å². The van der Waals surface area contributed by atoms with Crippen molar-refractivity contribution in [2.75, 3.05) is 12.4 Å². The Balaban J connectivity index is 1.42. The van der Waals surface area contributed by atoms with Crippen LogP contribution in [0.1, 0.15) is 71.3 Å². The van der Waals surface area contributed by atoms with Crippen molar-refractivity contribution in [2.45, 2.75) is 65.7 Å². The summed E-state index contributed by atoms with van der Waals surface area (Å²) in [6, 6.07) is 9.45. The van der Waals surface area contributed by atoms with Crippen LogP contribution in [0.15, 0.2) is 35.5 Å². The fraction of sp³-hybridized carbons (Fsp3) is 0.607. The van der Waals surface area contributed by atoms with Crippen molar-refractivity contribution < 1.29 is 9.59 Å². The summed E-state index contributed by atoms with van der Waals surface area (Å²) >= 11 is 0. The molecule has 3 aliphatic carbocycles. The standard InChI is InChI=1S/C28H35N3O2/c1-17-15-19-20-9-10-22(26(33)30-23-8-6-5-7-18(23)16-29)27(20,2)13-11-21(19)28(3)14-12-24(32)31(4)25(17)28/h5-8,19-22H,9-15H2,1-4H3,(H,30,33)/t19?,20-,21?,22+,27-,28+/m0/s1. The van der Waals surface area contributed by atoms with Gasteiger partial charge in [-0.2, -0.15) is 5.26 Å². The summed E-state index contributed by atoms with van der Waals surface area (Å²) in [5.74, 6) is 1.96. The number of amides is 2. The van der Waals surface area contributed by atoms with Gasteiger partial charge in [0.05, 0.1) is 11.3 Å². The summed E-state index contributed by atoms with van der Waals surface area (Å²) in [7, 11) is 1.96. The number of nitrogens with one attached hydrogen (secondary N) is 1. The van der Waals surface area contributed by atoms with Gasteiger partial charge in [0.15, 0.2) is 0 Å². The third-order valence-electron chi connectivity index (χ3n) is 9.93. The van der Waals surface area contributed by atoms with Crippen LogP contribution in [0.5, 0.6) is 0 Å². The van der Waals surface area contributed by atoms with Crippen molar-refractivity contribution in [2.24, 2.45) is 34.5 Å². The lowest BCUT2D eigenvalue weighted by Crippen LogP contribution is -2.54. The molecule has 1 heterocycles. The van der Waals surface area contributed by atoms with Crippen LogP contribution in [0.3, 0.4) is 0 Å². The van der Waals surface area contributed by atoms with E-state index in [0.717, 1.165) is 38.5 Å². The molecule has 174 valence electrons. The summed E-state index contributed by atoms with van der Waals surface area (Å²) in [6.07, 6.45) is 6.79. The number of anilines is 1. The predicted octanol–water partition coefficient (Wildman–Crippen LogP) is 5.49. The molecule has 1 saturated heterocycles. The molecule has 0 spiro atoms. The summed E-state index contributed by atoms with van der Waals surface area (Å²) in [6.45, 7) is 6.96. The quantitative estimate of drug-likeness (QED) is 0.654. The van der Waals surface area contributed by atoms with Crippen LogP contribution >= 0.6 is 0 Å². The molecule has 1 N–H and O–H groups in total. The second-order valence-electron chi connectivity index (χ2n) is 11.4. The second kappa shape index (κ2) is 7.72. The third kappa shape index (κ3) is 3.17. The van der Waals surface area contributed by atoms with E-state index in [4.69, 9.17) is 0 Å². The van der Waals surface area contributed by atoms with Gasteiger partial charge in [-0.25, -0.2) is 0 Å². The highest BCUT2D eigenvalue weighted by Gasteiger charge is 2.61. The van der Waals surface area contributed by atoms with E-state index in [-0.39, 0.29) is 28.6 Å². The third-order valence-corrected chi connectivity index (χ3v) is 9.93. The first-order chi connectivity index (χ1) is 15.7. The Morgan fingerprint density at radius 2 is 1.91 bits per heavy atom. The van der Waals surface area contributed by atoms with Crippen LogP contribution in [0.2, 0.25) is 0 Å². The van der Waals surface area contributed by atoms with E-state index in [1.54, 1.807) is 6.07 Å². The number of allylic oxidation sites excluding steroid dienone is 2. The first-order valence-corrected chi connectivity index (χ1v) is 12.5. The minimum absolute atomic E-state index is 0.0165. The van der Waals surface area contributed by atoms with E-state index >= 15 is 0 Å². The van der Waals surface area contributed by atoms with Gasteiger partial charge in [0.1, 0.15) is 6.07 Å². The maximum atomic E-state index is 13.5. The van der Waals surface area contributed by atoms with Crippen LogP contribution in [0.4, 0.5) is 5.69 Å². The number of nitriles is 1. The SMILES string of the molecule is CC1=C2N(C)C(=O)CC[C@]2(C)C2CC[C@]3(C)[C@@H](C(=O)Nc4ccccc4C#N)CC[C@H]3C2C1. The largest absolute Gasteiger partial charge is 0.325 e. The molecule has 2 unspecified atom stereocenters. The molecule has 1 aromatic carbocycles. The lowest BCUT2D eigenvalue weighted by Gasteiger charge is -2.59. The van der Waals surface area contributed by atoms with Gasteiger partial charge >= 0.3 is 0 Å². The molecule has 2 saturated carbocycles. The van der Waals surface area contributed by atoms with Crippen LogP contribution in [0.25, 0.3) is 0 Å². The molecule has 1 aliphatic heterocycles. The highest BCUT2D eigenvalue weighted by Crippen LogP contribution is 2.66. The number of rotatable bonds is 2. The second-order valence-corrected chi connectivity index (χ2v) is 11.4. The first kappa shape index (κ1) is 22.2. The van der Waals surface area contributed by atoms with Crippen LogP contribution in [0, 0.1) is 45.8 Å². The molecule has 0 bridgehead atoms. The number of piperidine rings is 1. The van der Waals surface area contributed by atoms with E-state index < -0.39 is 0 Å². The normalized spacial score (nSPS) is 37.7. The molecule has 0 radical (unpaired) electrons. The number of hydrogen-bond acceptors (Lipinski definition) is 3. The van der Waals surface area contributed by atoms with Gasteiger partial charge in [0.2, 0.25) is 11.8 Å². The highest BCUT2D eigenvalue weighted by atomic mass is 16.2. The number of fused-ring (bicyclic) bond motifs is 5. The van der Waals surface area contributed by atoms with Crippen molar-refractivity contribution in [1.82, 2.24) is 4.90 Å². The van der Waals surface area contributed by atoms with E-state index in [1.165, 1.54) is 11.3 Å². The average Bonchev–Trinajstić information content (AvgIpc) is 3.14. The maximum absolute atomic E-state index is 13.5. The van der Waals surface area contributed by atoms with Crippen LogP contribution < -0.4 is 5.32 Å². The monoisotopic (exact) mass is 445 g/mol. The molecule has 5 rings (SSSR count). The van der Waals surface area contributed by atoms with E-state index in [2.05, 4.69) is 32.2 Å². The molecule has 0 aromatic heterocycles. The molecule has 1 aromatic rings. The fourth-order valence-electron chi connectivity index (χ4n) is 8.45. The molecule has 5 heteroatoms. The Kier molecular flexibility index (Phi) is 5.19. The van der Waals surface area contributed by atoms with E-state index in [9.17, 15) is 14.9 Å². The number of benzene rings is 1. The molecule has 33 heavy (non-hydrogen) atoms. The number of carbonyl (C=O) groups is 2. The zero-order valence-corrected chi connectivity index (χ0v) is 20.3. The molecule has 6 atom stereocenters. The van der Waals surface area contributed by atoms with Gasteiger partial charge in [-0.05, 0) is 80.8 Å². The van der Waals surface area contributed by atoms with E-state index in [1.807, 2.05) is 30.1 Å². The lowest BCUT2D eigenvalue weighted by molar-refractivity contribution is -0.137. The van der Waals surface area contributed by atoms with Gasteiger partial charge in [-0.15, -0.1) is 0 Å². The van der Waals surface area contributed by atoms with Crippen LogP contribution in [-0.2, 0) is 9.59 Å². The summed E-state index contributed by atoms with van der Waals surface area (Å²) in [5, 5.41) is 12.5. The Labute approximate surface area is 197 Å². The van der Waals surface area contributed by atoms with E-state index in [0.29, 0.717) is 35.4 Å². The predicted molar refractivity (Wildman–Crippen MR) is 128 cm³/mol. The summed E-state index contributed by atoms with van der Waals surface area (Å²) < 4.78 is 0. The summed E-state index contributed by atoms with van der Waals surface area (Å²) in [4.78, 5) is 27.9. The number of hydrogen-bond donors (Lipinski definition) is 1. The molecular formula is C28H35N3O2. The smallest absolute Gasteiger partial charge is 0.228 e. The van der Waals surface area contributed by atoms with Crippen LogP contribution in [-0.4, -0.2) is 23.8 Å². The maximum Gasteiger partial charge on any atom is 0.228 e. The first-order valence-electron chi connectivity index (χ1n) is 12.5. The summed E-state index contributed by atoms with van der Waals surface area (Å²) in [5.41, 5.74) is 3.83. The molecule has 4 aliphatic rings. The zero-order chi connectivity index (χ0) is 23.5. The van der Waals surface area contributed by atoms with Crippen molar-refractivity contribution in [3.8, 4) is 6.07 Å². The number of para-hydroxylation sites is 1. The topological polar surface area (TPSA) is 73.2 Å². The molecule has 3 fully saturated rings. The number of nitrogens with zero attached hydrogens (tertiary/aromatic N) is 2. The minimum Gasteiger partial charge on any atom is -0.325 e. The fourth-order valence-corrected chi connectivity index (χ4v) is 8.45. The van der Waals surface area contributed by atoms with Crippen molar-refractivity contribution in [3.63, 3.8) is 0 Å². The van der Waals surface area contributed by atoms with Gasteiger partial charge in [0.25, 0.3) is 0 Å². The Bertz CT molecular complexity index is 1080. The van der Waals surface area contributed by atoms with Gasteiger partial charge < -0.3 is 10.2 Å².